The van der Waals surface area contributed by atoms with Crippen LogP contribution in [0, 0.1) is 0 Å². The normalized spacial score (nSPS) is 11.6. The summed E-state index contributed by atoms with van der Waals surface area (Å²) in [7, 11) is 3.06. The van der Waals surface area contributed by atoms with Gasteiger partial charge < -0.3 is 25.4 Å². The van der Waals surface area contributed by atoms with Crippen molar-refractivity contribution in [1.29, 1.82) is 0 Å². The van der Waals surface area contributed by atoms with E-state index < -0.39 is 17.1 Å². The summed E-state index contributed by atoms with van der Waals surface area (Å²) in [4.78, 5) is 41.2. The number of methoxy groups -OCH3 is 2. The molecule has 1 atom stereocenters. The minimum Gasteiger partial charge on any atom is -0.497 e. The molecule has 5 aromatic rings. The van der Waals surface area contributed by atoms with Crippen molar-refractivity contribution in [2.45, 2.75) is 10.1 Å². The van der Waals surface area contributed by atoms with E-state index in [0.29, 0.717) is 34.0 Å². The first kappa shape index (κ1) is 32.6. The highest BCUT2D eigenvalue weighted by Gasteiger charge is 2.23. The van der Waals surface area contributed by atoms with Crippen LogP contribution in [0.15, 0.2) is 144 Å². The Balaban J connectivity index is 1.41. The Morgan fingerprint density at radius 1 is 0.681 bits per heavy atom. The number of carbonyl (C=O) groups is 3. The second-order valence-corrected chi connectivity index (χ2v) is 11.4. The first-order valence-corrected chi connectivity index (χ1v) is 15.6. The summed E-state index contributed by atoms with van der Waals surface area (Å²) in [6.07, 6.45) is 1.54. The summed E-state index contributed by atoms with van der Waals surface area (Å²) in [5, 5.41) is 8.08. The molecule has 5 rings (SSSR count). The SMILES string of the molecule is COc1ccc(OC)c(/C=C(/NC(=O)c2ccccc2)C(=O)Nc2cccc(SC(C(=O)Nc3ccccc3)c3ccccc3)c2)c1. The Kier molecular flexibility index (Phi) is 11.1. The van der Waals surface area contributed by atoms with Gasteiger partial charge >= 0.3 is 0 Å². The Morgan fingerprint density at radius 2 is 1.34 bits per heavy atom. The lowest BCUT2D eigenvalue weighted by molar-refractivity contribution is -0.116. The zero-order valence-corrected chi connectivity index (χ0v) is 26.6. The molecule has 0 bridgehead atoms. The number of hydrogen-bond donors (Lipinski definition) is 3. The van der Waals surface area contributed by atoms with Crippen LogP contribution in [-0.4, -0.2) is 31.9 Å². The lowest BCUT2D eigenvalue weighted by Crippen LogP contribution is -2.30. The van der Waals surface area contributed by atoms with E-state index in [-0.39, 0.29) is 11.6 Å². The van der Waals surface area contributed by atoms with E-state index in [9.17, 15) is 14.4 Å². The van der Waals surface area contributed by atoms with E-state index in [1.165, 1.54) is 24.9 Å². The topological polar surface area (TPSA) is 106 Å². The van der Waals surface area contributed by atoms with E-state index >= 15 is 0 Å². The quantitative estimate of drug-likeness (QED) is 0.0956. The minimum atomic E-state index is -0.566. The molecule has 3 amide bonds. The predicted molar refractivity (Wildman–Crippen MR) is 187 cm³/mol. The first-order chi connectivity index (χ1) is 22.9. The van der Waals surface area contributed by atoms with E-state index in [1.807, 2.05) is 66.7 Å². The molecule has 236 valence electrons. The molecule has 0 fully saturated rings. The summed E-state index contributed by atoms with van der Waals surface area (Å²) in [6, 6.07) is 39.8. The summed E-state index contributed by atoms with van der Waals surface area (Å²) in [5.41, 5.74) is 2.93. The molecule has 0 aromatic heterocycles. The van der Waals surface area contributed by atoms with E-state index in [0.717, 1.165) is 10.5 Å². The van der Waals surface area contributed by atoms with E-state index in [4.69, 9.17) is 9.47 Å². The second-order valence-electron chi connectivity index (χ2n) is 10.2. The van der Waals surface area contributed by atoms with Gasteiger partial charge in [0.2, 0.25) is 5.91 Å². The van der Waals surface area contributed by atoms with Gasteiger partial charge in [-0.25, -0.2) is 0 Å². The van der Waals surface area contributed by atoms with Crippen LogP contribution >= 0.6 is 11.8 Å². The summed E-state index contributed by atoms with van der Waals surface area (Å²) < 4.78 is 10.9. The Bertz CT molecular complexity index is 1870. The number of nitrogens with one attached hydrogen (secondary N) is 3. The number of para-hydroxylation sites is 1. The molecule has 0 spiro atoms. The number of amides is 3. The highest BCUT2D eigenvalue weighted by molar-refractivity contribution is 8.00. The van der Waals surface area contributed by atoms with Crippen LogP contribution in [0.25, 0.3) is 6.08 Å². The van der Waals surface area contributed by atoms with Gasteiger partial charge in [-0.15, -0.1) is 11.8 Å². The molecular formula is C38H33N3O5S. The average molecular weight is 644 g/mol. The number of ether oxygens (including phenoxy) is 2. The fourth-order valence-corrected chi connectivity index (χ4v) is 5.75. The van der Waals surface area contributed by atoms with Gasteiger partial charge in [-0.1, -0.05) is 72.8 Å². The monoisotopic (exact) mass is 643 g/mol. The van der Waals surface area contributed by atoms with Crippen LogP contribution in [0.3, 0.4) is 0 Å². The molecule has 0 saturated heterocycles. The van der Waals surface area contributed by atoms with Gasteiger partial charge in [0.15, 0.2) is 0 Å². The highest BCUT2D eigenvalue weighted by atomic mass is 32.2. The van der Waals surface area contributed by atoms with Crippen LogP contribution in [0.4, 0.5) is 11.4 Å². The third-order valence-electron chi connectivity index (χ3n) is 6.99. The zero-order valence-electron chi connectivity index (χ0n) is 25.8. The molecule has 9 heteroatoms. The summed E-state index contributed by atoms with van der Waals surface area (Å²) in [6.45, 7) is 0. The van der Waals surface area contributed by atoms with Gasteiger partial charge in [0.25, 0.3) is 11.8 Å². The molecule has 0 aliphatic rings. The maximum Gasteiger partial charge on any atom is 0.272 e. The fraction of sp³-hybridized carbons (Fsp3) is 0.0789. The molecule has 0 saturated carbocycles. The standard InChI is InChI=1S/C38H33N3O5S/c1-45-31-21-22-34(46-2)28(23-31)24-33(41-36(42)27-15-8-4-9-16-27)37(43)40-30-19-12-20-32(25-30)47-35(26-13-6-3-7-14-26)38(44)39-29-17-10-5-11-18-29/h3-25,35H,1-2H3,(H,39,44)(H,40,43)(H,41,42)/b33-24+. The number of carbonyl (C=O) groups excluding carboxylic acids is 3. The number of rotatable bonds is 12. The van der Waals surface area contributed by atoms with Gasteiger partial charge in [0.1, 0.15) is 22.4 Å². The number of anilines is 2. The van der Waals surface area contributed by atoms with Crippen molar-refractivity contribution in [3.8, 4) is 11.5 Å². The Hall–Kier alpha value is -5.80. The van der Waals surface area contributed by atoms with Gasteiger partial charge in [-0.3, -0.25) is 14.4 Å². The van der Waals surface area contributed by atoms with Gasteiger partial charge in [0.05, 0.1) is 14.2 Å². The van der Waals surface area contributed by atoms with E-state index in [2.05, 4.69) is 16.0 Å². The van der Waals surface area contributed by atoms with Crippen LogP contribution in [0.1, 0.15) is 26.7 Å². The third kappa shape index (κ3) is 8.90. The van der Waals surface area contributed by atoms with Crippen LogP contribution in [0.5, 0.6) is 11.5 Å². The number of hydrogen-bond acceptors (Lipinski definition) is 6. The fourth-order valence-electron chi connectivity index (χ4n) is 4.66. The average Bonchev–Trinajstić information content (AvgIpc) is 3.11. The molecule has 0 aliphatic carbocycles. The molecular weight excluding hydrogens is 611 g/mol. The largest absolute Gasteiger partial charge is 0.497 e. The lowest BCUT2D eigenvalue weighted by atomic mass is 10.1. The van der Waals surface area contributed by atoms with Gasteiger partial charge in [-0.05, 0) is 72.3 Å². The first-order valence-electron chi connectivity index (χ1n) is 14.7. The second kappa shape index (κ2) is 16.0. The smallest absolute Gasteiger partial charge is 0.272 e. The third-order valence-corrected chi connectivity index (χ3v) is 8.24. The van der Waals surface area contributed by atoms with Crippen LogP contribution in [-0.2, 0) is 9.59 Å². The van der Waals surface area contributed by atoms with Crippen molar-refractivity contribution in [2.24, 2.45) is 0 Å². The van der Waals surface area contributed by atoms with Gasteiger partial charge in [0, 0.05) is 27.4 Å². The molecule has 47 heavy (non-hydrogen) atoms. The zero-order chi connectivity index (χ0) is 33.0. The molecule has 3 N–H and O–H groups in total. The lowest BCUT2D eigenvalue weighted by Gasteiger charge is -2.18. The predicted octanol–water partition coefficient (Wildman–Crippen LogP) is 7.59. The van der Waals surface area contributed by atoms with E-state index in [1.54, 1.807) is 73.8 Å². The molecule has 8 nitrogen and oxygen atoms in total. The highest BCUT2D eigenvalue weighted by Crippen LogP contribution is 2.37. The Morgan fingerprint density at radius 3 is 2.02 bits per heavy atom. The maximum absolute atomic E-state index is 13.8. The van der Waals surface area contributed by atoms with Crippen LogP contribution < -0.4 is 25.4 Å². The van der Waals surface area contributed by atoms with Crippen molar-refractivity contribution in [1.82, 2.24) is 5.32 Å². The molecule has 5 aromatic carbocycles. The molecule has 1 unspecified atom stereocenters. The van der Waals surface area contributed by atoms with Crippen LogP contribution in [0.2, 0.25) is 0 Å². The summed E-state index contributed by atoms with van der Waals surface area (Å²) >= 11 is 1.36. The number of benzene rings is 5. The molecule has 0 radical (unpaired) electrons. The Labute approximate surface area is 277 Å². The summed E-state index contributed by atoms with van der Waals surface area (Å²) in [5.74, 6) is -0.136. The van der Waals surface area contributed by atoms with Crippen molar-refractivity contribution in [3.63, 3.8) is 0 Å². The van der Waals surface area contributed by atoms with Gasteiger partial charge in [-0.2, -0.15) is 0 Å². The molecule has 0 aliphatic heterocycles. The van der Waals surface area contributed by atoms with Crippen molar-refractivity contribution < 1.29 is 23.9 Å². The maximum atomic E-state index is 13.8. The minimum absolute atomic E-state index is 0.00661. The van der Waals surface area contributed by atoms with Crippen molar-refractivity contribution in [3.05, 3.63) is 156 Å². The molecule has 0 heterocycles. The number of thioether (sulfide) groups is 1. The van der Waals surface area contributed by atoms with Crippen molar-refractivity contribution >= 4 is 46.9 Å². The van der Waals surface area contributed by atoms with Crippen molar-refractivity contribution in [2.75, 3.05) is 24.9 Å².